The largest absolute Gasteiger partial charge is 0.508 e. The summed E-state index contributed by atoms with van der Waals surface area (Å²) in [6.07, 6.45) is 0.781. The third-order valence-electron chi connectivity index (χ3n) is 4.63. The molecule has 5 nitrogen and oxygen atoms in total. The standard InChI is InChI=1S/C18H15BrN2O3/c19-13-5-6-15(22)16-12(13)7-8-20-14(16)9-21-17(23)10-3-1-2-4-11(10)18(21)24/h1-6,14,20,22H,7-9H2. The van der Waals surface area contributed by atoms with Gasteiger partial charge in [0, 0.05) is 16.6 Å². The van der Waals surface area contributed by atoms with Crippen LogP contribution in [0.25, 0.3) is 0 Å². The van der Waals surface area contributed by atoms with E-state index in [2.05, 4.69) is 21.2 Å². The number of phenols is 1. The molecule has 2 aliphatic heterocycles. The van der Waals surface area contributed by atoms with Gasteiger partial charge in [-0.2, -0.15) is 0 Å². The Morgan fingerprint density at radius 3 is 2.46 bits per heavy atom. The summed E-state index contributed by atoms with van der Waals surface area (Å²) < 4.78 is 0.934. The van der Waals surface area contributed by atoms with Crippen molar-refractivity contribution in [3.8, 4) is 5.75 Å². The molecular weight excluding hydrogens is 372 g/mol. The highest BCUT2D eigenvalue weighted by atomic mass is 79.9. The number of hydrogen-bond acceptors (Lipinski definition) is 4. The highest BCUT2D eigenvalue weighted by molar-refractivity contribution is 9.10. The molecule has 24 heavy (non-hydrogen) atoms. The van der Waals surface area contributed by atoms with E-state index in [4.69, 9.17) is 0 Å². The van der Waals surface area contributed by atoms with E-state index < -0.39 is 0 Å². The van der Waals surface area contributed by atoms with Crippen LogP contribution in [-0.2, 0) is 6.42 Å². The minimum atomic E-state index is -0.284. The van der Waals surface area contributed by atoms with Gasteiger partial charge in [-0.1, -0.05) is 28.1 Å². The van der Waals surface area contributed by atoms with Crippen LogP contribution in [-0.4, -0.2) is 34.9 Å². The lowest BCUT2D eigenvalue weighted by molar-refractivity contribution is 0.0636. The van der Waals surface area contributed by atoms with Crippen LogP contribution in [0, 0.1) is 0 Å². The second-order valence-corrected chi connectivity index (χ2v) is 6.84. The van der Waals surface area contributed by atoms with Gasteiger partial charge in [0.15, 0.2) is 0 Å². The Balaban J connectivity index is 1.69. The summed E-state index contributed by atoms with van der Waals surface area (Å²) in [4.78, 5) is 26.4. The van der Waals surface area contributed by atoms with Gasteiger partial charge in [0.1, 0.15) is 5.75 Å². The Bertz CT molecular complexity index is 830. The van der Waals surface area contributed by atoms with E-state index in [1.807, 2.05) is 6.07 Å². The molecule has 0 saturated carbocycles. The number of fused-ring (bicyclic) bond motifs is 2. The quantitative estimate of drug-likeness (QED) is 0.778. The maximum absolute atomic E-state index is 12.6. The maximum Gasteiger partial charge on any atom is 0.261 e. The highest BCUT2D eigenvalue weighted by Crippen LogP contribution is 2.37. The molecule has 2 amide bonds. The van der Waals surface area contributed by atoms with E-state index in [0.717, 1.165) is 28.6 Å². The molecule has 0 spiro atoms. The summed E-state index contributed by atoms with van der Waals surface area (Å²) in [5.41, 5.74) is 2.66. The van der Waals surface area contributed by atoms with Gasteiger partial charge in [0.2, 0.25) is 0 Å². The van der Waals surface area contributed by atoms with Gasteiger partial charge >= 0.3 is 0 Å². The zero-order valence-corrected chi connectivity index (χ0v) is 14.3. The number of rotatable bonds is 2. The fraction of sp³-hybridized carbons (Fsp3) is 0.222. The SMILES string of the molecule is O=C1c2ccccc2C(=O)N1CC1NCCc2c(Br)ccc(O)c21. The average Bonchev–Trinajstić information content (AvgIpc) is 2.84. The van der Waals surface area contributed by atoms with E-state index in [1.165, 1.54) is 4.90 Å². The van der Waals surface area contributed by atoms with Crippen LogP contribution < -0.4 is 5.32 Å². The lowest BCUT2D eigenvalue weighted by Crippen LogP contribution is -2.41. The predicted octanol–water partition coefficient (Wildman–Crippen LogP) is 2.64. The summed E-state index contributed by atoms with van der Waals surface area (Å²) in [6.45, 7) is 0.923. The topological polar surface area (TPSA) is 69.6 Å². The first-order valence-electron chi connectivity index (χ1n) is 7.77. The van der Waals surface area contributed by atoms with E-state index in [1.54, 1.807) is 30.3 Å². The number of carbonyl (C=O) groups is 2. The number of halogens is 1. The number of aromatic hydroxyl groups is 1. The van der Waals surface area contributed by atoms with Crippen LogP contribution in [0.5, 0.6) is 5.75 Å². The van der Waals surface area contributed by atoms with Crippen molar-refractivity contribution in [3.63, 3.8) is 0 Å². The van der Waals surface area contributed by atoms with Crippen molar-refractivity contribution in [3.05, 3.63) is 63.1 Å². The monoisotopic (exact) mass is 386 g/mol. The molecule has 0 saturated heterocycles. The second kappa shape index (κ2) is 5.72. The van der Waals surface area contributed by atoms with Crippen molar-refractivity contribution < 1.29 is 14.7 Å². The zero-order chi connectivity index (χ0) is 16.8. The Morgan fingerprint density at radius 1 is 1.12 bits per heavy atom. The third kappa shape index (κ3) is 2.25. The Kier molecular flexibility index (Phi) is 3.66. The summed E-state index contributed by atoms with van der Waals surface area (Å²) in [6, 6.07) is 10.0. The molecule has 4 rings (SSSR count). The zero-order valence-electron chi connectivity index (χ0n) is 12.8. The number of hydrogen-bond donors (Lipinski definition) is 2. The molecule has 6 heteroatoms. The van der Waals surface area contributed by atoms with Crippen molar-refractivity contribution in [1.82, 2.24) is 10.2 Å². The maximum atomic E-state index is 12.6. The van der Waals surface area contributed by atoms with Crippen LogP contribution in [0.1, 0.15) is 37.9 Å². The molecular formula is C18H15BrN2O3. The van der Waals surface area contributed by atoms with Gasteiger partial charge in [0.05, 0.1) is 17.2 Å². The molecule has 1 atom stereocenters. The summed E-state index contributed by atoms with van der Waals surface area (Å²) in [7, 11) is 0. The number of nitrogens with zero attached hydrogens (tertiary/aromatic N) is 1. The molecule has 0 aliphatic carbocycles. The lowest BCUT2D eigenvalue weighted by Gasteiger charge is -2.30. The van der Waals surface area contributed by atoms with Crippen LogP contribution in [0.15, 0.2) is 40.9 Å². The van der Waals surface area contributed by atoms with E-state index in [9.17, 15) is 14.7 Å². The second-order valence-electron chi connectivity index (χ2n) is 5.98. The molecule has 2 N–H and O–H groups in total. The fourth-order valence-corrected chi connectivity index (χ4v) is 4.03. The highest BCUT2D eigenvalue weighted by Gasteiger charge is 2.38. The first-order chi connectivity index (χ1) is 11.6. The molecule has 2 aromatic carbocycles. The normalized spacial score (nSPS) is 19.4. The van der Waals surface area contributed by atoms with Gasteiger partial charge in [-0.15, -0.1) is 0 Å². The molecule has 2 heterocycles. The van der Waals surface area contributed by atoms with Crippen molar-refractivity contribution in [2.75, 3.05) is 13.1 Å². The molecule has 0 bridgehead atoms. The van der Waals surface area contributed by atoms with Crippen LogP contribution in [0.4, 0.5) is 0 Å². The fourth-order valence-electron chi connectivity index (χ4n) is 3.49. The molecule has 0 radical (unpaired) electrons. The first kappa shape index (κ1) is 15.4. The third-order valence-corrected chi connectivity index (χ3v) is 5.38. The van der Waals surface area contributed by atoms with Crippen LogP contribution in [0.2, 0.25) is 0 Å². The molecule has 122 valence electrons. The van der Waals surface area contributed by atoms with E-state index >= 15 is 0 Å². The summed E-state index contributed by atoms with van der Waals surface area (Å²) >= 11 is 3.52. The lowest BCUT2D eigenvalue weighted by atomic mass is 9.93. The first-order valence-corrected chi connectivity index (χ1v) is 8.56. The summed E-state index contributed by atoms with van der Waals surface area (Å²) in [5.74, 6) is -0.375. The van der Waals surface area contributed by atoms with Crippen molar-refractivity contribution in [2.45, 2.75) is 12.5 Å². The number of phenolic OH excluding ortho intramolecular Hbond substituents is 1. The van der Waals surface area contributed by atoms with Gasteiger partial charge in [0.25, 0.3) is 11.8 Å². The van der Waals surface area contributed by atoms with Crippen molar-refractivity contribution in [1.29, 1.82) is 0 Å². The van der Waals surface area contributed by atoms with E-state index in [-0.39, 0.29) is 30.2 Å². The Hall–Kier alpha value is -2.18. The van der Waals surface area contributed by atoms with Crippen molar-refractivity contribution >= 4 is 27.7 Å². The molecule has 1 unspecified atom stereocenters. The number of benzene rings is 2. The number of nitrogens with one attached hydrogen (secondary N) is 1. The molecule has 0 fully saturated rings. The van der Waals surface area contributed by atoms with Gasteiger partial charge in [-0.05, 0) is 42.8 Å². The molecule has 2 aromatic rings. The predicted molar refractivity (Wildman–Crippen MR) is 92.1 cm³/mol. The minimum Gasteiger partial charge on any atom is -0.508 e. The number of imide groups is 1. The van der Waals surface area contributed by atoms with Gasteiger partial charge in [-0.25, -0.2) is 0 Å². The van der Waals surface area contributed by atoms with Gasteiger partial charge in [-0.3, -0.25) is 14.5 Å². The Labute approximate surface area is 147 Å². The number of amides is 2. The van der Waals surface area contributed by atoms with E-state index in [0.29, 0.717) is 11.1 Å². The summed E-state index contributed by atoms with van der Waals surface area (Å²) in [5, 5.41) is 13.6. The van der Waals surface area contributed by atoms with Crippen molar-refractivity contribution in [2.24, 2.45) is 0 Å². The van der Waals surface area contributed by atoms with Crippen LogP contribution in [0.3, 0.4) is 0 Å². The molecule has 0 aromatic heterocycles. The minimum absolute atomic E-state index is 0.182. The van der Waals surface area contributed by atoms with Gasteiger partial charge < -0.3 is 10.4 Å². The smallest absolute Gasteiger partial charge is 0.261 e. The number of carbonyl (C=O) groups excluding carboxylic acids is 2. The Morgan fingerprint density at radius 2 is 1.79 bits per heavy atom. The molecule has 2 aliphatic rings. The van der Waals surface area contributed by atoms with Crippen LogP contribution >= 0.6 is 15.9 Å². The average molecular weight is 387 g/mol.